The molecule has 18 heavy (non-hydrogen) atoms. The van der Waals surface area contributed by atoms with Crippen LogP contribution in [0, 0.1) is 11.8 Å². The number of likely N-dealkylation sites (tertiary alicyclic amines) is 1. The molecule has 0 aliphatic carbocycles. The van der Waals surface area contributed by atoms with Gasteiger partial charge >= 0.3 is 11.9 Å². The molecule has 0 bridgehead atoms. The van der Waals surface area contributed by atoms with E-state index in [1.165, 1.54) is 0 Å². The van der Waals surface area contributed by atoms with Gasteiger partial charge in [-0.15, -0.1) is 0 Å². The Morgan fingerprint density at radius 2 is 1.89 bits per heavy atom. The molecule has 0 radical (unpaired) electrons. The summed E-state index contributed by atoms with van der Waals surface area (Å²) in [6, 6.07) is 0. The Hall–Kier alpha value is -1.14. The Morgan fingerprint density at radius 1 is 1.17 bits per heavy atom. The maximum atomic E-state index is 11.1. The number of carboxylic acids is 2. The molecule has 0 saturated carbocycles. The predicted octanol–water partition coefficient (Wildman–Crippen LogP) is 0.273. The molecule has 0 aromatic carbocycles. The van der Waals surface area contributed by atoms with Crippen molar-refractivity contribution in [1.82, 2.24) is 4.90 Å². The molecule has 2 aliphatic rings. The van der Waals surface area contributed by atoms with Crippen molar-refractivity contribution < 1.29 is 24.5 Å². The fourth-order valence-electron chi connectivity index (χ4n) is 2.81. The molecule has 2 saturated heterocycles. The van der Waals surface area contributed by atoms with Crippen LogP contribution in [0.4, 0.5) is 0 Å². The van der Waals surface area contributed by atoms with E-state index < -0.39 is 23.8 Å². The highest BCUT2D eigenvalue weighted by atomic mass is 16.5. The molecular formula is C12H19NO5. The van der Waals surface area contributed by atoms with E-state index in [9.17, 15) is 9.59 Å². The normalized spacial score (nSPS) is 33.4. The van der Waals surface area contributed by atoms with Crippen molar-refractivity contribution in [3.05, 3.63) is 0 Å². The number of rotatable bonds is 4. The summed E-state index contributed by atoms with van der Waals surface area (Å²) in [5.74, 6) is -3.58. The van der Waals surface area contributed by atoms with Gasteiger partial charge in [0, 0.05) is 19.7 Å². The first kappa shape index (κ1) is 13.3. The van der Waals surface area contributed by atoms with Gasteiger partial charge in [-0.05, 0) is 25.8 Å². The summed E-state index contributed by atoms with van der Waals surface area (Å²) in [6.07, 6.45) is 2.65. The first-order chi connectivity index (χ1) is 8.58. The lowest BCUT2D eigenvalue weighted by atomic mass is 9.85. The van der Waals surface area contributed by atoms with Crippen LogP contribution >= 0.6 is 0 Å². The minimum Gasteiger partial charge on any atom is -0.481 e. The lowest BCUT2D eigenvalue weighted by Gasteiger charge is -2.35. The average molecular weight is 257 g/mol. The van der Waals surface area contributed by atoms with E-state index in [0.29, 0.717) is 19.5 Å². The van der Waals surface area contributed by atoms with Crippen molar-refractivity contribution >= 4 is 11.9 Å². The van der Waals surface area contributed by atoms with Crippen molar-refractivity contribution in [1.29, 1.82) is 0 Å². The van der Waals surface area contributed by atoms with Gasteiger partial charge < -0.3 is 14.9 Å². The van der Waals surface area contributed by atoms with Crippen LogP contribution in [-0.2, 0) is 14.3 Å². The zero-order valence-electron chi connectivity index (χ0n) is 10.2. The Morgan fingerprint density at radius 3 is 2.44 bits per heavy atom. The second kappa shape index (κ2) is 5.67. The highest BCUT2D eigenvalue weighted by molar-refractivity contribution is 5.80. The Balaban J connectivity index is 1.92. The monoisotopic (exact) mass is 257 g/mol. The summed E-state index contributed by atoms with van der Waals surface area (Å²) in [5.41, 5.74) is 0. The number of hydrogen-bond donors (Lipinski definition) is 2. The van der Waals surface area contributed by atoms with Crippen molar-refractivity contribution in [2.45, 2.75) is 25.4 Å². The smallest absolute Gasteiger partial charge is 0.308 e. The molecular weight excluding hydrogens is 238 g/mol. The number of piperidine rings is 1. The second-order valence-electron chi connectivity index (χ2n) is 5.07. The lowest BCUT2D eigenvalue weighted by Crippen LogP contribution is -2.48. The lowest BCUT2D eigenvalue weighted by molar-refractivity contribution is -0.157. The average Bonchev–Trinajstić information content (AvgIpc) is 2.81. The number of ether oxygens (including phenoxy) is 1. The molecule has 6 heteroatoms. The van der Waals surface area contributed by atoms with E-state index in [1.54, 1.807) is 0 Å². The molecule has 6 nitrogen and oxygen atoms in total. The number of hydrogen-bond acceptors (Lipinski definition) is 4. The van der Waals surface area contributed by atoms with E-state index in [1.807, 2.05) is 4.90 Å². The van der Waals surface area contributed by atoms with Crippen molar-refractivity contribution in [3.63, 3.8) is 0 Å². The van der Waals surface area contributed by atoms with Gasteiger partial charge in [-0.3, -0.25) is 14.5 Å². The van der Waals surface area contributed by atoms with Gasteiger partial charge in [0.1, 0.15) is 0 Å². The van der Waals surface area contributed by atoms with E-state index in [0.717, 1.165) is 26.0 Å². The predicted molar refractivity (Wildman–Crippen MR) is 62.3 cm³/mol. The Bertz CT molecular complexity index is 326. The molecule has 0 aromatic heterocycles. The van der Waals surface area contributed by atoms with Gasteiger partial charge in [0.05, 0.1) is 17.9 Å². The Labute approximate surface area is 106 Å². The quantitative estimate of drug-likeness (QED) is 0.752. The fourth-order valence-corrected chi connectivity index (χ4v) is 2.81. The molecule has 0 aromatic rings. The molecule has 2 rings (SSSR count). The van der Waals surface area contributed by atoms with Gasteiger partial charge in [0.25, 0.3) is 0 Å². The molecule has 3 atom stereocenters. The molecule has 0 spiro atoms. The fraction of sp³-hybridized carbons (Fsp3) is 0.833. The highest BCUT2D eigenvalue weighted by Gasteiger charge is 2.39. The molecule has 3 unspecified atom stereocenters. The molecule has 102 valence electrons. The molecule has 2 heterocycles. The van der Waals surface area contributed by atoms with E-state index in [4.69, 9.17) is 14.9 Å². The summed E-state index contributed by atoms with van der Waals surface area (Å²) < 4.78 is 5.52. The number of aliphatic carboxylic acids is 2. The third-order valence-corrected chi connectivity index (χ3v) is 3.82. The molecule has 0 amide bonds. The van der Waals surface area contributed by atoms with E-state index in [2.05, 4.69) is 0 Å². The third kappa shape index (κ3) is 3.00. The standard InChI is InChI=1S/C12H19NO5/c14-11(15)9-3-4-13(7-10(9)12(16)17)6-8-2-1-5-18-8/h8-10H,1-7H2,(H,14,15)(H,16,17). The summed E-state index contributed by atoms with van der Waals surface area (Å²) in [7, 11) is 0. The van der Waals surface area contributed by atoms with Crippen LogP contribution in [0.5, 0.6) is 0 Å². The van der Waals surface area contributed by atoms with E-state index in [-0.39, 0.29) is 6.10 Å². The van der Waals surface area contributed by atoms with Crippen LogP contribution in [0.1, 0.15) is 19.3 Å². The summed E-state index contributed by atoms with van der Waals surface area (Å²) in [4.78, 5) is 24.2. The van der Waals surface area contributed by atoms with E-state index >= 15 is 0 Å². The first-order valence-electron chi connectivity index (χ1n) is 6.37. The largest absolute Gasteiger partial charge is 0.481 e. The van der Waals surface area contributed by atoms with Crippen LogP contribution < -0.4 is 0 Å². The maximum Gasteiger partial charge on any atom is 0.308 e. The van der Waals surface area contributed by atoms with Gasteiger partial charge in [-0.1, -0.05) is 0 Å². The van der Waals surface area contributed by atoms with Crippen LogP contribution in [0.25, 0.3) is 0 Å². The summed E-state index contributed by atoms with van der Waals surface area (Å²) in [6.45, 7) is 2.45. The van der Waals surface area contributed by atoms with Crippen molar-refractivity contribution in [3.8, 4) is 0 Å². The zero-order valence-corrected chi connectivity index (χ0v) is 10.2. The second-order valence-corrected chi connectivity index (χ2v) is 5.07. The van der Waals surface area contributed by atoms with Crippen LogP contribution in [0.2, 0.25) is 0 Å². The first-order valence-corrected chi connectivity index (χ1v) is 6.37. The Kier molecular flexibility index (Phi) is 4.19. The molecule has 2 fully saturated rings. The van der Waals surface area contributed by atoms with Crippen molar-refractivity contribution in [2.75, 3.05) is 26.2 Å². The van der Waals surface area contributed by atoms with Crippen LogP contribution in [0.15, 0.2) is 0 Å². The number of carboxylic acid groups (broad SMARTS) is 2. The molecule has 2 aliphatic heterocycles. The zero-order chi connectivity index (χ0) is 13.1. The van der Waals surface area contributed by atoms with Crippen molar-refractivity contribution in [2.24, 2.45) is 11.8 Å². The van der Waals surface area contributed by atoms with Gasteiger partial charge in [-0.2, -0.15) is 0 Å². The third-order valence-electron chi connectivity index (χ3n) is 3.82. The van der Waals surface area contributed by atoms with Gasteiger partial charge in [0.15, 0.2) is 0 Å². The summed E-state index contributed by atoms with van der Waals surface area (Å²) in [5, 5.41) is 18.1. The SMILES string of the molecule is O=C(O)C1CCN(CC2CCCO2)CC1C(=O)O. The summed E-state index contributed by atoms with van der Waals surface area (Å²) >= 11 is 0. The topological polar surface area (TPSA) is 87.1 Å². The number of nitrogens with zero attached hydrogens (tertiary/aromatic N) is 1. The van der Waals surface area contributed by atoms with Gasteiger partial charge in [-0.25, -0.2) is 0 Å². The van der Waals surface area contributed by atoms with Crippen LogP contribution in [-0.4, -0.2) is 59.4 Å². The maximum absolute atomic E-state index is 11.1. The minimum absolute atomic E-state index is 0.181. The number of carbonyl (C=O) groups is 2. The minimum atomic E-state index is -1.01. The molecule has 2 N–H and O–H groups in total. The highest BCUT2D eigenvalue weighted by Crippen LogP contribution is 2.25. The van der Waals surface area contributed by atoms with Crippen LogP contribution in [0.3, 0.4) is 0 Å². The van der Waals surface area contributed by atoms with Gasteiger partial charge in [0.2, 0.25) is 0 Å².